The van der Waals surface area contributed by atoms with Crippen LogP contribution in [-0.4, -0.2) is 162 Å². The lowest BCUT2D eigenvalue weighted by Gasteiger charge is -2.29. The van der Waals surface area contributed by atoms with Crippen LogP contribution in [0.3, 0.4) is 0 Å². The molecule has 12 aromatic rings. The van der Waals surface area contributed by atoms with Gasteiger partial charge >= 0.3 is 0 Å². The molecule has 4 fully saturated rings. The molecule has 684 valence electrons. The van der Waals surface area contributed by atoms with Crippen LogP contribution in [0.15, 0.2) is 243 Å². The average molecular weight is 1870 g/mol. The second-order valence-corrected chi connectivity index (χ2v) is 35.2. The summed E-state index contributed by atoms with van der Waals surface area (Å²) in [4.78, 5) is 128. The minimum absolute atomic E-state index is 0.0847. The van der Waals surface area contributed by atoms with E-state index in [-0.39, 0.29) is 72.4 Å². The molecule has 8 aromatic carbocycles. The van der Waals surface area contributed by atoms with Gasteiger partial charge in [0.2, 0.25) is 0 Å². The van der Waals surface area contributed by atoms with Crippen LogP contribution < -0.4 is 21.3 Å². The minimum atomic E-state index is -0.328. The zero-order chi connectivity index (χ0) is 94.9. The molecule has 4 aromatic heterocycles. The zero-order valence-corrected chi connectivity index (χ0v) is 78.0. The molecule has 0 unspecified atom stereocenters. The molecule has 134 heavy (non-hydrogen) atoms. The first-order chi connectivity index (χ1) is 64.6. The molecule has 0 atom stereocenters. The normalized spacial score (nSPS) is 13.3. The maximum Gasteiger partial charge on any atom is 0.257 e. The minimum Gasteiger partial charge on any atom is -0.357 e. The van der Waals surface area contributed by atoms with Crippen molar-refractivity contribution in [3.8, 4) is 0 Å². The number of halogens is 4. The molecule has 28 heteroatoms. The van der Waals surface area contributed by atoms with Crippen LogP contribution in [0.1, 0.15) is 214 Å². The largest absolute Gasteiger partial charge is 0.357 e. The lowest BCUT2D eigenvalue weighted by Crippen LogP contribution is -2.35. The summed E-state index contributed by atoms with van der Waals surface area (Å²) in [6, 6.07) is 63.7. The molecule has 24 nitrogen and oxygen atoms in total. The first-order valence-corrected chi connectivity index (χ1v) is 46.1. The van der Waals surface area contributed by atoms with Crippen molar-refractivity contribution in [3.05, 3.63) is 375 Å². The molecule has 4 aliphatic heterocycles. The highest BCUT2D eigenvalue weighted by molar-refractivity contribution is 6.31. The van der Waals surface area contributed by atoms with E-state index in [1.54, 1.807) is 121 Å². The third-order valence-electron chi connectivity index (χ3n) is 23.4. The Labute approximate surface area is 799 Å². The fraction of sp³-hybridized carbons (Fsp3) is 0.245. The molecule has 0 saturated carbocycles. The van der Waals surface area contributed by atoms with E-state index in [9.17, 15) is 38.4 Å². The van der Waals surface area contributed by atoms with Crippen molar-refractivity contribution in [2.45, 2.75) is 118 Å². The number of amidine groups is 4. The van der Waals surface area contributed by atoms with Crippen LogP contribution in [-0.2, 0) is 25.7 Å². The lowest BCUT2D eigenvalue weighted by atomic mass is 9.96. The summed E-state index contributed by atoms with van der Waals surface area (Å²) in [6.07, 6.45) is 17.6. The number of aromatic nitrogens is 4. The predicted octanol–water partition coefficient (Wildman–Crippen LogP) is 21.3. The van der Waals surface area contributed by atoms with Gasteiger partial charge in [-0.3, -0.25) is 60.0 Å². The Bertz CT molecular complexity index is 5920. The third kappa shape index (κ3) is 27.1. The van der Waals surface area contributed by atoms with Gasteiger partial charge in [0.05, 0.1) is 20.1 Å². The number of ketones is 4. The van der Waals surface area contributed by atoms with Crippen molar-refractivity contribution >= 4 is 140 Å². The van der Waals surface area contributed by atoms with Gasteiger partial charge in [-0.15, -0.1) is 0 Å². The number of likely N-dealkylation sites (tertiary alicyclic amines) is 4. The van der Waals surface area contributed by atoms with E-state index < -0.39 is 0 Å². The molecule has 4 saturated heterocycles. The molecular formula is C106H104Cl4N16O8. The lowest BCUT2D eigenvalue weighted by molar-refractivity contribution is 0.0980. The molecule has 4 amide bonds. The van der Waals surface area contributed by atoms with E-state index in [0.29, 0.717) is 133 Å². The molecular weight excluding hydrogens is 1770 g/mol. The van der Waals surface area contributed by atoms with Crippen molar-refractivity contribution in [3.63, 3.8) is 0 Å². The number of Topliss-reactive ketones (excluding diaryl/α,β-unsaturated/α-hetero) is 4. The van der Waals surface area contributed by atoms with E-state index in [2.05, 4.69) is 60.8 Å². The monoisotopic (exact) mass is 1870 g/mol. The number of nitrogens with zero attached hydrogens (tertiary/aromatic N) is 8. The summed E-state index contributed by atoms with van der Waals surface area (Å²) in [5.74, 6) is 1.91. The van der Waals surface area contributed by atoms with Crippen molar-refractivity contribution in [2.24, 2.45) is 0 Å². The summed E-state index contributed by atoms with van der Waals surface area (Å²) in [5, 5.41) is 46.7. The van der Waals surface area contributed by atoms with Crippen molar-refractivity contribution in [1.82, 2.24) is 39.5 Å². The number of aryl methyl sites for hydroxylation is 4. The summed E-state index contributed by atoms with van der Waals surface area (Å²) in [7, 11) is 0. The number of nitrogens with one attached hydrogen (secondary N) is 8. The number of hydrogen-bond donors (Lipinski definition) is 8. The van der Waals surface area contributed by atoms with E-state index >= 15 is 0 Å². The van der Waals surface area contributed by atoms with Crippen molar-refractivity contribution in [2.75, 3.05) is 73.6 Å². The summed E-state index contributed by atoms with van der Waals surface area (Å²) in [6.45, 7) is 14.9. The Morgan fingerprint density at radius 2 is 0.433 bits per heavy atom. The Morgan fingerprint density at radius 1 is 0.254 bits per heavy atom. The number of amides is 4. The second-order valence-electron chi connectivity index (χ2n) is 33.5. The Morgan fingerprint density at radius 3 is 0.612 bits per heavy atom. The van der Waals surface area contributed by atoms with E-state index in [1.807, 2.05) is 125 Å². The Kier molecular flexibility index (Phi) is 34.1. The van der Waals surface area contributed by atoms with Crippen LogP contribution in [0, 0.1) is 49.3 Å². The van der Waals surface area contributed by atoms with Crippen LogP contribution in [0.2, 0.25) is 20.1 Å². The fourth-order valence-electron chi connectivity index (χ4n) is 16.0. The number of piperidine rings is 2. The van der Waals surface area contributed by atoms with E-state index in [0.717, 1.165) is 148 Å². The Balaban J connectivity index is 0.000000152. The van der Waals surface area contributed by atoms with Gasteiger partial charge in [0.15, 0.2) is 23.1 Å². The molecule has 16 rings (SSSR count). The first kappa shape index (κ1) is 97.5. The fourth-order valence-corrected chi connectivity index (χ4v) is 16.4. The third-order valence-corrected chi connectivity index (χ3v) is 24.3. The molecule has 8 N–H and O–H groups in total. The molecule has 0 spiro atoms. The van der Waals surface area contributed by atoms with Gasteiger partial charge in [-0.1, -0.05) is 214 Å². The topological polar surface area (TPSA) is 345 Å². The number of hydrogen-bond acceptors (Lipinski definition) is 16. The Hall–Kier alpha value is -14.0. The van der Waals surface area contributed by atoms with Gasteiger partial charge in [-0.2, -0.15) is 0 Å². The number of pyridine rings is 4. The number of carbonyl (C=O) groups excluding carboxylic acids is 8. The molecule has 4 aliphatic rings. The van der Waals surface area contributed by atoms with Gasteiger partial charge in [0.25, 0.3) is 23.6 Å². The maximum absolute atomic E-state index is 13.0. The van der Waals surface area contributed by atoms with Crippen LogP contribution >= 0.6 is 46.4 Å². The van der Waals surface area contributed by atoms with E-state index in [4.69, 9.17) is 68.0 Å². The van der Waals surface area contributed by atoms with Gasteiger partial charge in [0, 0.05) is 170 Å². The number of rotatable bonds is 24. The van der Waals surface area contributed by atoms with Crippen molar-refractivity contribution < 1.29 is 38.4 Å². The highest BCUT2D eigenvalue weighted by Gasteiger charge is 2.26. The molecule has 0 aliphatic carbocycles. The highest BCUT2D eigenvalue weighted by atomic mass is 35.5. The predicted molar refractivity (Wildman–Crippen MR) is 531 cm³/mol. The average Bonchev–Trinajstić information content (AvgIpc) is 0.875. The summed E-state index contributed by atoms with van der Waals surface area (Å²) >= 11 is 23.5. The SMILES string of the molecule is Cc1ccc(CC(=O)c2ccc(C(=N)N3CCCC3)cc2)c(C(=O)Nc2ccc(Cl)cn2)c1.Cc1ccc(CC(=O)c2ccc(C(=N)N3CCCC3)cc2)c(C(=O)Nc2ccc(Cl)cn2)c1.Cc1ccc(CC(=O)c2ccc(C(=N)N3CCCCC3)cc2)c(C(=O)Nc2ccc(Cl)cn2)c1.Cc1ccc(CC(=O)c2ccc(C(=N)N3CCCCC3)cc2)c(C(=O)Nc2ccc(Cl)cn2)c1. The second kappa shape index (κ2) is 46.9. The summed E-state index contributed by atoms with van der Waals surface area (Å²) < 4.78 is 0. The van der Waals surface area contributed by atoms with E-state index in [1.165, 1.54) is 37.6 Å². The molecule has 0 bridgehead atoms. The quantitative estimate of drug-likeness (QED) is 0.0158. The highest BCUT2D eigenvalue weighted by Crippen LogP contribution is 2.28. The first-order valence-electron chi connectivity index (χ1n) is 44.6. The van der Waals surface area contributed by atoms with Crippen molar-refractivity contribution in [1.29, 1.82) is 21.6 Å². The molecule has 8 heterocycles. The zero-order valence-electron chi connectivity index (χ0n) is 75.0. The van der Waals surface area contributed by atoms with Gasteiger partial charge in [-0.25, -0.2) is 19.9 Å². The molecule has 0 radical (unpaired) electrons. The standard InChI is InChI=1S/2C27H27ClN4O2.2C26H25ClN4O2/c2*1-18-5-6-21(23(15-18)27(34)31-25-12-11-22(28)17-30-25)16-24(33)19-7-9-20(10-8-19)26(29)32-13-3-2-4-14-32;2*1-17-4-5-20(22(14-17)26(33)30-24-11-10-21(27)16-29-24)15-23(32)18-6-8-19(9-7-18)25(28)31-12-2-3-13-31/h2*5-12,15,17,29H,2-4,13-14,16H2,1H3,(H,30,31,34);2*4-11,14,16,28H,2-3,12-13,15H2,1H3,(H,29,30,33). The van der Waals surface area contributed by atoms with Gasteiger partial charge in [0.1, 0.15) is 46.6 Å². The number of carbonyl (C=O) groups is 8. The maximum atomic E-state index is 13.0. The number of anilines is 4. The van der Waals surface area contributed by atoms with Gasteiger partial charge in [-0.05, 0) is 187 Å². The van der Waals surface area contributed by atoms with Crippen LogP contribution in [0.5, 0.6) is 0 Å². The van der Waals surface area contributed by atoms with Crippen LogP contribution in [0.25, 0.3) is 0 Å². The van der Waals surface area contributed by atoms with Crippen LogP contribution in [0.4, 0.5) is 23.3 Å². The number of benzene rings is 8. The smallest absolute Gasteiger partial charge is 0.257 e. The summed E-state index contributed by atoms with van der Waals surface area (Å²) in [5.41, 5.74) is 13.5. The van der Waals surface area contributed by atoms with Gasteiger partial charge < -0.3 is 40.9 Å².